The number of hydrogen-bond donors (Lipinski definition) is 1. The lowest BCUT2D eigenvalue weighted by Crippen LogP contribution is -2.32. The van der Waals surface area contributed by atoms with Crippen LogP contribution in [0.15, 0.2) is 24.3 Å². The second-order valence-electron chi connectivity index (χ2n) is 4.19. The van der Waals surface area contributed by atoms with Gasteiger partial charge in [-0.15, -0.1) is 0 Å². The molecule has 2 rings (SSSR count). The van der Waals surface area contributed by atoms with Crippen LogP contribution < -0.4 is 9.82 Å². The number of nitrogens with zero attached hydrogens (tertiary/aromatic N) is 1. The molecule has 0 radical (unpaired) electrons. The van der Waals surface area contributed by atoms with Gasteiger partial charge in [-0.25, -0.2) is 9.24 Å². The number of anilines is 1. The van der Waals surface area contributed by atoms with E-state index in [1.54, 1.807) is 7.11 Å². The first kappa shape index (κ1) is 14.9. The number of halogens is 1. The molecule has 0 saturated carbocycles. The zero-order valence-electron chi connectivity index (χ0n) is 10.8. The molecule has 1 saturated heterocycles. The van der Waals surface area contributed by atoms with Crippen molar-refractivity contribution in [2.45, 2.75) is 6.42 Å². The first-order chi connectivity index (χ1) is 9.18. The van der Waals surface area contributed by atoms with Crippen LogP contribution in [0.4, 0.5) is 5.69 Å². The van der Waals surface area contributed by atoms with E-state index in [1.807, 2.05) is 28.9 Å². The normalized spacial score (nSPS) is 24.1. The second kappa shape index (κ2) is 6.75. The molecular weight excluding hydrogens is 331 g/mol. The zero-order chi connectivity index (χ0) is 13.7. The van der Waals surface area contributed by atoms with Gasteiger partial charge in [-0.2, -0.15) is 0 Å². The molecule has 0 amide bonds. The van der Waals surface area contributed by atoms with Crippen molar-refractivity contribution in [3.05, 3.63) is 24.3 Å². The zero-order valence-corrected chi connectivity index (χ0v) is 13.3. The van der Waals surface area contributed by atoms with Crippen LogP contribution in [0.25, 0.3) is 0 Å². The van der Waals surface area contributed by atoms with E-state index in [0.717, 1.165) is 29.7 Å². The summed E-state index contributed by atoms with van der Waals surface area (Å²) >= 11 is 3.38. The summed E-state index contributed by atoms with van der Waals surface area (Å²) in [5.41, 5.74) is 0.769. The molecule has 106 valence electrons. The lowest BCUT2D eigenvalue weighted by atomic mass is 10.3. The van der Waals surface area contributed by atoms with Crippen LogP contribution in [0.5, 0.6) is 5.75 Å². The summed E-state index contributed by atoms with van der Waals surface area (Å²) < 4.78 is 25.3. The van der Waals surface area contributed by atoms with Crippen LogP contribution in [0.2, 0.25) is 0 Å². The Labute approximate surface area is 122 Å². The SMILES string of the molecule is COc1ccc(NP2(=O)OCCCN2CCBr)cc1. The number of ether oxygens (including phenoxy) is 1. The molecule has 0 aliphatic carbocycles. The molecule has 0 bridgehead atoms. The molecule has 1 heterocycles. The predicted octanol–water partition coefficient (Wildman–Crippen LogP) is 3.33. The Morgan fingerprint density at radius 1 is 1.47 bits per heavy atom. The number of methoxy groups -OCH3 is 1. The van der Waals surface area contributed by atoms with Crippen LogP contribution in [0.1, 0.15) is 6.42 Å². The Balaban J connectivity index is 2.11. The minimum Gasteiger partial charge on any atom is -0.497 e. The second-order valence-corrected chi connectivity index (χ2v) is 7.07. The van der Waals surface area contributed by atoms with Gasteiger partial charge in [0.05, 0.1) is 13.7 Å². The Kier molecular flexibility index (Phi) is 5.28. The molecule has 19 heavy (non-hydrogen) atoms. The third-order valence-electron chi connectivity index (χ3n) is 2.90. The maximum absolute atomic E-state index is 12.8. The third kappa shape index (κ3) is 3.72. The lowest BCUT2D eigenvalue weighted by molar-refractivity contribution is 0.215. The fourth-order valence-electron chi connectivity index (χ4n) is 1.92. The molecule has 1 unspecified atom stereocenters. The highest BCUT2D eigenvalue weighted by atomic mass is 79.9. The van der Waals surface area contributed by atoms with Crippen molar-refractivity contribution >= 4 is 29.3 Å². The molecule has 1 N–H and O–H groups in total. The van der Waals surface area contributed by atoms with Gasteiger partial charge < -0.3 is 14.3 Å². The van der Waals surface area contributed by atoms with Crippen molar-refractivity contribution in [2.24, 2.45) is 0 Å². The number of rotatable bonds is 5. The van der Waals surface area contributed by atoms with E-state index >= 15 is 0 Å². The van der Waals surface area contributed by atoms with Gasteiger partial charge in [0.25, 0.3) is 0 Å². The molecule has 1 atom stereocenters. The van der Waals surface area contributed by atoms with E-state index in [1.165, 1.54) is 0 Å². The Morgan fingerprint density at radius 3 is 2.84 bits per heavy atom. The third-order valence-corrected chi connectivity index (χ3v) is 5.47. The fourth-order valence-corrected chi connectivity index (χ4v) is 4.61. The van der Waals surface area contributed by atoms with E-state index < -0.39 is 7.67 Å². The number of nitrogens with one attached hydrogen (secondary N) is 1. The average molecular weight is 349 g/mol. The summed E-state index contributed by atoms with van der Waals surface area (Å²) in [4.78, 5) is 0. The molecule has 1 fully saturated rings. The summed E-state index contributed by atoms with van der Waals surface area (Å²) in [6, 6.07) is 7.33. The van der Waals surface area contributed by atoms with Crippen molar-refractivity contribution in [1.29, 1.82) is 0 Å². The molecule has 1 aliphatic rings. The molecule has 0 spiro atoms. The highest BCUT2D eigenvalue weighted by Crippen LogP contribution is 2.52. The summed E-state index contributed by atoms with van der Waals surface area (Å²) in [7, 11) is -1.36. The van der Waals surface area contributed by atoms with Crippen molar-refractivity contribution < 1.29 is 13.8 Å². The molecule has 1 aromatic carbocycles. The summed E-state index contributed by atoms with van der Waals surface area (Å²) in [5, 5.41) is 3.79. The molecule has 0 aromatic heterocycles. The highest BCUT2D eigenvalue weighted by Gasteiger charge is 2.34. The average Bonchev–Trinajstić information content (AvgIpc) is 2.42. The maximum atomic E-state index is 12.8. The number of hydrogen-bond acceptors (Lipinski definition) is 3. The number of benzene rings is 1. The molecule has 1 aromatic rings. The molecule has 5 nitrogen and oxygen atoms in total. The summed E-state index contributed by atoms with van der Waals surface area (Å²) in [6.07, 6.45) is 0.904. The van der Waals surface area contributed by atoms with E-state index in [-0.39, 0.29) is 0 Å². The van der Waals surface area contributed by atoms with Crippen LogP contribution in [0.3, 0.4) is 0 Å². The van der Waals surface area contributed by atoms with Gasteiger partial charge in [-0.05, 0) is 30.7 Å². The van der Waals surface area contributed by atoms with Gasteiger partial charge in [-0.3, -0.25) is 0 Å². The van der Waals surface area contributed by atoms with Crippen molar-refractivity contribution in [1.82, 2.24) is 4.67 Å². The lowest BCUT2D eigenvalue weighted by Gasteiger charge is -2.34. The standard InChI is InChI=1S/C12H18BrN2O3P/c1-17-12-5-3-11(4-6-12)14-19(16)15(9-7-13)8-2-10-18-19/h3-6H,2,7-10H2,1H3,(H,14,16). The van der Waals surface area contributed by atoms with Gasteiger partial charge >= 0.3 is 7.67 Å². The van der Waals surface area contributed by atoms with Gasteiger partial charge in [0.2, 0.25) is 0 Å². The first-order valence-corrected chi connectivity index (χ1v) is 8.86. The topological polar surface area (TPSA) is 50.8 Å². The van der Waals surface area contributed by atoms with E-state index in [4.69, 9.17) is 9.26 Å². The first-order valence-electron chi connectivity index (χ1n) is 6.16. The fraction of sp³-hybridized carbons (Fsp3) is 0.500. The van der Waals surface area contributed by atoms with Gasteiger partial charge in [0, 0.05) is 24.1 Å². The largest absolute Gasteiger partial charge is 0.497 e. The number of alkyl halides is 1. The maximum Gasteiger partial charge on any atom is 0.368 e. The Hall–Kier alpha value is -0.550. The van der Waals surface area contributed by atoms with Gasteiger partial charge in [0.1, 0.15) is 5.75 Å². The van der Waals surface area contributed by atoms with Crippen molar-refractivity contribution in [2.75, 3.05) is 37.2 Å². The molecule has 1 aliphatic heterocycles. The minimum absolute atomic E-state index is 0.527. The van der Waals surface area contributed by atoms with Gasteiger partial charge in [0.15, 0.2) is 0 Å². The minimum atomic E-state index is -2.97. The summed E-state index contributed by atoms with van der Waals surface area (Å²) in [6.45, 7) is 2.01. The van der Waals surface area contributed by atoms with E-state index in [2.05, 4.69) is 21.0 Å². The van der Waals surface area contributed by atoms with E-state index in [9.17, 15) is 4.57 Å². The van der Waals surface area contributed by atoms with E-state index in [0.29, 0.717) is 13.2 Å². The summed E-state index contributed by atoms with van der Waals surface area (Å²) in [5.74, 6) is 0.769. The van der Waals surface area contributed by atoms with Crippen molar-refractivity contribution in [3.63, 3.8) is 0 Å². The Bertz CT molecular complexity index is 453. The molecule has 7 heteroatoms. The monoisotopic (exact) mass is 348 g/mol. The van der Waals surface area contributed by atoms with Crippen LogP contribution in [0, 0.1) is 0 Å². The van der Waals surface area contributed by atoms with Crippen molar-refractivity contribution in [3.8, 4) is 5.75 Å². The highest BCUT2D eigenvalue weighted by molar-refractivity contribution is 9.09. The smallest absolute Gasteiger partial charge is 0.368 e. The van der Waals surface area contributed by atoms with Crippen LogP contribution in [-0.4, -0.2) is 36.8 Å². The molecular formula is C12H18BrN2O3P. The predicted molar refractivity (Wildman–Crippen MR) is 80.2 cm³/mol. The van der Waals surface area contributed by atoms with Gasteiger partial charge in [-0.1, -0.05) is 15.9 Å². The quantitative estimate of drug-likeness (QED) is 0.653. The Morgan fingerprint density at radius 2 is 2.21 bits per heavy atom. The van der Waals surface area contributed by atoms with Crippen LogP contribution >= 0.6 is 23.6 Å². The van der Waals surface area contributed by atoms with Crippen LogP contribution in [-0.2, 0) is 9.09 Å².